The number of hydrogen-bond acceptors (Lipinski definition) is 2. The lowest BCUT2D eigenvalue weighted by Gasteiger charge is -2.35. The molecule has 3 rings (SSSR count). The van der Waals surface area contributed by atoms with Gasteiger partial charge in [0.1, 0.15) is 0 Å². The van der Waals surface area contributed by atoms with Gasteiger partial charge in [0.05, 0.1) is 6.42 Å². The molecule has 0 bridgehead atoms. The van der Waals surface area contributed by atoms with Crippen molar-refractivity contribution in [1.29, 1.82) is 0 Å². The van der Waals surface area contributed by atoms with Crippen LogP contribution in [0.2, 0.25) is 5.02 Å². The van der Waals surface area contributed by atoms with Crippen molar-refractivity contribution in [3.8, 4) is 0 Å². The van der Waals surface area contributed by atoms with E-state index in [0.717, 1.165) is 48.9 Å². The van der Waals surface area contributed by atoms with Crippen molar-refractivity contribution >= 4 is 17.5 Å². The molecule has 1 fully saturated rings. The molecule has 24 heavy (non-hydrogen) atoms. The lowest BCUT2D eigenvalue weighted by molar-refractivity contribution is -0.132. The SMILES string of the molecule is Cc1ccc(CC(=O)N2CCN(Cc3ccccc3Cl)CC2)cc1. The van der Waals surface area contributed by atoms with E-state index in [1.165, 1.54) is 5.56 Å². The van der Waals surface area contributed by atoms with Gasteiger partial charge in [0, 0.05) is 37.7 Å². The van der Waals surface area contributed by atoms with Gasteiger partial charge in [0.25, 0.3) is 0 Å². The zero-order valence-electron chi connectivity index (χ0n) is 14.0. The third-order valence-electron chi connectivity index (χ3n) is 4.55. The van der Waals surface area contributed by atoms with Crippen LogP contribution in [0.1, 0.15) is 16.7 Å². The summed E-state index contributed by atoms with van der Waals surface area (Å²) in [6.07, 6.45) is 0.491. The molecule has 126 valence electrons. The first-order valence-corrected chi connectivity index (χ1v) is 8.79. The van der Waals surface area contributed by atoms with Crippen LogP contribution in [0.4, 0.5) is 0 Å². The van der Waals surface area contributed by atoms with E-state index >= 15 is 0 Å². The third kappa shape index (κ3) is 4.37. The Kier molecular flexibility index (Phi) is 5.54. The fourth-order valence-corrected chi connectivity index (χ4v) is 3.21. The average molecular weight is 343 g/mol. The van der Waals surface area contributed by atoms with Crippen LogP contribution in [0.15, 0.2) is 48.5 Å². The Bertz CT molecular complexity index is 691. The van der Waals surface area contributed by atoms with Crippen molar-refractivity contribution in [2.45, 2.75) is 19.9 Å². The average Bonchev–Trinajstić information content (AvgIpc) is 2.59. The highest BCUT2D eigenvalue weighted by Crippen LogP contribution is 2.18. The van der Waals surface area contributed by atoms with E-state index in [0.29, 0.717) is 6.42 Å². The van der Waals surface area contributed by atoms with Crippen LogP contribution in [-0.2, 0) is 17.8 Å². The zero-order chi connectivity index (χ0) is 16.9. The highest BCUT2D eigenvalue weighted by molar-refractivity contribution is 6.31. The van der Waals surface area contributed by atoms with Crippen molar-refractivity contribution in [1.82, 2.24) is 9.80 Å². The van der Waals surface area contributed by atoms with Gasteiger partial charge in [-0.3, -0.25) is 9.69 Å². The minimum absolute atomic E-state index is 0.219. The molecule has 4 heteroatoms. The minimum Gasteiger partial charge on any atom is -0.340 e. The number of halogens is 1. The molecule has 0 aromatic heterocycles. The van der Waals surface area contributed by atoms with E-state index in [-0.39, 0.29) is 5.91 Å². The largest absolute Gasteiger partial charge is 0.340 e. The van der Waals surface area contributed by atoms with Crippen LogP contribution < -0.4 is 0 Å². The summed E-state index contributed by atoms with van der Waals surface area (Å²) in [4.78, 5) is 16.8. The van der Waals surface area contributed by atoms with Crippen LogP contribution in [0, 0.1) is 6.92 Å². The smallest absolute Gasteiger partial charge is 0.227 e. The zero-order valence-corrected chi connectivity index (χ0v) is 14.8. The van der Waals surface area contributed by atoms with Gasteiger partial charge < -0.3 is 4.90 Å². The number of benzene rings is 2. The third-order valence-corrected chi connectivity index (χ3v) is 4.92. The number of carbonyl (C=O) groups excluding carboxylic acids is 1. The summed E-state index contributed by atoms with van der Waals surface area (Å²) >= 11 is 6.23. The van der Waals surface area contributed by atoms with E-state index < -0.39 is 0 Å². The molecule has 0 aliphatic carbocycles. The Labute approximate surface area is 148 Å². The number of piperazine rings is 1. The second kappa shape index (κ2) is 7.82. The van der Waals surface area contributed by atoms with Gasteiger partial charge in [0.15, 0.2) is 0 Å². The van der Waals surface area contributed by atoms with E-state index in [1.54, 1.807) is 0 Å². The Hall–Kier alpha value is -1.84. The van der Waals surface area contributed by atoms with Gasteiger partial charge >= 0.3 is 0 Å². The normalized spacial score (nSPS) is 15.5. The predicted molar refractivity (Wildman–Crippen MR) is 98.2 cm³/mol. The van der Waals surface area contributed by atoms with Crippen LogP contribution in [0.25, 0.3) is 0 Å². The fourth-order valence-electron chi connectivity index (χ4n) is 3.02. The molecule has 0 unspecified atom stereocenters. The quantitative estimate of drug-likeness (QED) is 0.848. The van der Waals surface area contributed by atoms with Crippen molar-refractivity contribution in [2.75, 3.05) is 26.2 Å². The Balaban J connectivity index is 1.50. The van der Waals surface area contributed by atoms with Gasteiger partial charge in [-0.25, -0.2) is 0 Å². The summed E-state index contributed by atoms with van der Waals surface area (Å²) < 4.78 is 0. The molecule has 1 saturated heterocycles. The van der Waals surface area contributed by atoms with Gasteiger partial charge in [-0.05, 0) is 24.1 Å². The second-order valence-corrected chi connectivity index (χ2v) is 6.82. The number of hydrogen-bond donors (Lipinski definition) is 0. The van der Waals surface area contributed by atoms with Gasteiger partial charge in [-0.2, -0.15) is 0 Å². The maximum absolute atomic E-state index is 12.5. The number of aryl methyl sites for hydroxylation is 1. The first-order chi connectivity index (χ1) is 11.6. The van der Waals surface area contributed by atoms with Crippen LogP contribution in [0.3, 0.4) is 0 Å². The van der Waals surface area contributed by atoms with Crippen LogP contribution >= 0.6 is 11.6 Å². The van der Waals surface area contributed by atoms with Crippen molar-refractivity contribution < 1.29 is 4.79 Å². The van der Waals surface area contributed by atoms with Crippen molar-refractivity contribution in [3.63, 3.8) is 0 Å². The van der Waals surface area contributed by atoms with Crippen LogP contribution in [-0.4, -0.2) is 41.9 Å². The molecule has 0 spiro atoms. The molecule has 2 aromatic carbocycles. The van der Waals surface area contributed by atoms with Gasteiger partial charge in [-0.1, -0.05) is 59.6 Å². The first-order valence-electron chi connectivity index (χ1n) is 8.41. The first kappa shape index (κ1) is 17.0. The standard InChI is InChI=1S/C20H23ClN2O/c1-16-6-8-17(9-7-16)14-20(24)23-12-10-22(11-13-23)15-18-4-2-3-5-19(18)21/h2-9H,10-15H2,1H3. The summed E-state index contributed by atoms with van der Waals surface area (Å²) in [5.74, 6) is 0.219. The molecule has 1 heterocycles. The minimum atomic E-state index is 0.219. The van der Waals surface area contributed by atoms with Crippen molar-refractivity contribution in [2.24, 2.45) is 0 Å². The molecule has 0 N–H and O–H groups in total. The molecule has 3 nitrogen and oxygen atoms in total. The Morgan fingerprint density at radius 1 is 1.00 bits per heavy atom. The van der Waals surface area contributed by atoms with Gasteiger partial charge in [-0.15, -0.1) is 0 Å². The van der Waals surface area contributed by atoms with Crippen molar-refractivity contribution in [3.05, 3.63) is 70.2 Å². The number of rotatable bonds is 4. The Morgan fingerprint density at radius 2 is 1.67 bits per heavy atom. The predicted octanol–water partition coefficient (Wildman–Crippen LogP) is 3.54. The van der Waals surface area contributed by atoms with Crippen LogP contribution in [0.5, 0.6) is 0 Å². The summed E-state index contributed by atoms with van der Waals surface area (Å²) in [5.41, 5.74) is 3.46. The molecular formula is C20H23ClN2O. The molecule has 1 aliphatic heterocycles. The van der Waals surface area contributed by atoms with E-state index in [1.807, 2.05) is 35.2 Å². The number of carbonyl (C=O) groups is 1. The molecule has 0 atom stereocenters. The molecular weight excluding hydrogens is 320 g/mol. The maximum Gasteiger partial charge on any atom is 0.227 e. The monoisotopic (exact) mass is 342 g/mol. The Morgan fingerprint density at radius 3 is 2.33 bits per heavy atom. The van der Waals surface area contributed by atoms with E-state index in [4.69, 9.17) is 11.6 Å². The van der Waals surface area contributed by atoms with E-state index in [2.05, 4.69) is 30.0 Å². The fraction of sp³-hybridized carbons (Fsp3) is 0.350. The lowest BCUT2D eigenvalue weighted by Crippen LogP contribution is -2.48. The maximum atomic E-state index is 12.5. The second-order valence-electron chi connectivity index (χ2n) is 6.41. The topological polar surface area (TPSA) is 23.6 Å². The highest BCUT2D eigenvalue weighted by Gasteiger charge is 2.21. The molecule has 0 radical (unpaired) electrons. The summed E-state index contributed by atoms with van der Waals surface area (Å²) in [5, 5.41) is 0.815. The number of amides is 1. The molecule has 0 saturated carbocycles. The summed E-state index contributed by atoms with van der Waals surface area (Å²) in [6, 6.07) is 16.2. The summed E-state index contributed by atoms with van der Waals surface area (Å²) in [6.45, 7) is 6.27. The molecule has 2 aromatic rings. The van der Waals surface area contributed by atoms with Gasteiger partial charge in [0.2, 0.25) is 5.91 Å². The highest BCUT2D eigenvalue weighted by atomic mass is 35.5. The number of nitrogens with zero attached hydrogens (tertiary/aromatic N) is 2. The summed E-state index contributed by atoms with van der Waals surface area (Å²) in [7, 11) is 0. The lowest BCUT2D eigenvalue weighted by atomic mass is 10.1. The molecule has 1 amide bonds. The van der Waals surface area contributed by atoms with E-state index in [9.17, 15) is 4.79 Å². The molecule has 1 aliphatic rings.